The zero-order valence-electron chi connectivity index (χ0n) is 20.0. The minimum Gasteiger partial charge on any atom is -0.385 e. The summed E-state index contributed by atoms with van der Waals surface area (Å²) >= 11 is 0. The van der Waals surface area contributed by atoms with Gasteiger partial charge in [-0.25, -0.2) is 0 Å². The highest BCUT2D eigenvalue weighted by Crippen LogP contribution is 2.40. The van der Waals surface area contributed by atoms with E-state index in [2.05, 4.69) is 39.3 Å². The minimum absolute atomic E-state index is 0.405. The Morgan fingerprint density at radius 3 is 2.56 bits per heavy atom. The van der Waals surface area contributed by atoms with Gasteiger partial charge in [-0.15, -0.1) is 0 Å². The van der Waals surface area contributed by atoms with Crippen molar-refractivity contribution in [1.29, 1.82) is 0 Å². The molecule has 6 nitrogen and oxygen atoms in total. The molecule has 0 saturated heterocycles. The van der Waals surface area contributed by atoms with Gasteiger partial charge in [0.25, 0.3) is 5.91 Å². The van der Waals surface area contributed by atoms with E-state index >= 15 is 0 Å². The summed E-state index contributed by atoms with van der Waals surface area (Å²) in [7, 11) is 0. The monoisotopic (exact) mass is 456 g/mol. The average Bonchev–Trinajstić information content (AvgIpc) is 3.22. The molecule has 6 heteroatoms. The Morgan fingerprint density at radius 1 is 1.09 bits per heavy atom. The summed E-state index contributed by atoms with van der Waals surface area (Å²) in [6, 6.07) is 10.7. The molecule has 6 rings (SSSR count). The first-order valence-corrected chi connectivity index (χ1v) is 12.6. The highest BCUT2D eigenvalue weighted by atomic mass is 16.5. The number of benzene rings is 2. The molecule has 34 heavy (non-hydrogen) atoms. The summed E-state index contributed by atoms with van der Waals surface area (Å²) in [5, 5.41) is 10.0. The summed E-state index contributed by atoms with van der Waals surface area (Å²) in [6.07, 6.45) is 7.83. The van der Waals surface area contributed by atoms with Crippen LogP contribution in [0.1, 0.15) is 60.3 Å². The molecule has 2 aliphatic carbocycles. The molecule has 3 N–H and O–H groups in total. The molecular formula is C28H32N4O2. The number of nitrogens with one attached hydrogen (secondary N) is 1. The predicted octanol–water partition coefficient (Wildman–Crippen LogP) is 6.18. The van der Waals surface area contributed by atoms with E-state index < -0.39 is 5.91 Å². The Kier molecular flexibility index (Phi) is 5.12. The van der Waals surface area contributed by atoms with E-state index in [1.807, 2.05) is 19.9 Å². The number of hydrogen-bond acceptors (Lipinski definition) is 4. The van der Waals surface area contributed by atoms with Crippen LogP contribution in [-0.4, -0.2) is 22.2 Å². The third kappa shape index (κ3) is 3.65. The van der Waals surface area contributed by atoms with E-state index in [4.69, 9.17) is 10.3 Å². The lowest BCUT2D eigenvalue weighted by Gasteiger charge is -2.13. The van der Waals surface area contributed by atoms with Crippen LogP contribution in [0, 0.1) is 25.7 Å². The molecule has 0 atom stereocenters. The molecule has 2 saturated carbocycles. The first-order chi connectivity index (χ1) is 16.5. The SMILES string of the molecule is Cc1noc(C)c1-c1cc(C(N)=O)c2c(c1)c1ccc(NCC3CCCC3)cc1n2CC1CC1. The summed E-state index contributed by atoms with van der Waals surface area (Å²) in [6.45, 7) is 5.77. The number of nitrogens with two attached hydrogens (primary N) is 1. The first kappa shape index (κ1) is 21.3. The molecular weight excluding hydrogens is 424 g/mol. The van der Waals surface area contributed by atoms with Crippen LogP contribution >= 0.6 is 0 Å². The highest BCUT2D eigenvalue weighted by Gasteiger charge is 2.27. The van der Waals surface area contributed by atoms with Crippen molar-refractivity contribution in [2.45, 2.75) is 58.9 Å². The molecule has 0 unspecified atom stereocenters. The second kappa shape index (κ2) is 8.19. The Labute approximate surface area is 199 Å². The molecule has 0 radical (unpaired) electrons. The van der Waals surface area contributed by atoms with Crippen molar-refractivity contribution >= 4 is 33.4 Å². The van der Waals surface area contributed by atoms with Gasteiger partial charge >= 0.3 is 0 Å². The maximum atomic E-state index is 12.7. The van der Waals surface area contributed by atoms with Crippen molar-refractivity contribution in [2.24, 2.45) is 17.6 Å². The van der Waals surface area contributed by atoms with Gasteiger partial charge in [0.05, 0.1) is 22.3 Å². The second-order valence-corrected chi connectivity index (χ2v) is 10.3. The number of carbonyl (C=O) groups excluding carboxylic acids is 1. The minimum atomic E-state index is -0.405. The van der Waals surface area contributed by atoms with E-state index in [0.717, 1.165) is 69.1 Å². The van der Waals surface area contributed by atoms with Crippen LogP contribution in [-0.2, 0) is 6.54 Å². The summed E-state index contributed by atoms with van der Waals surface area (Å²) in [5.74, 6) is 1.77. The third-order valence-electron chi connectivity index (χ3n) is 7.75. The lowest BCUT2D eigenvalue weighted by atomic mass is 9.97. The number of nitrogens with zero attached hydrogens (tertiary/aromatic N) is 2. The molecule has 2 fully saturated rings. The van der Waals surface area contributed by atoms with Crippen LogP contribution in [0.4, 0.5) is 5.69 Å². The number of hydrogen-bond donors (Lipinski definition) is 2. The van der Waals surface area contributed by atoms with Crippen LogP contribution < -0.4 is 11.1 Å². The number of carbonyl (C=O) groups is 1. The average molecular weight is 457 g/mol. The molecule has 2 aliphatic rings. The van der Waals surface area contributed by atoms with Crippen molar-refractivity contribution in [1.82, 2.24) is 9.72 Å². The van der Waals surface area contributed by atoms with Crippen molar-refractivity contribution in [3.05, 3.63) is 47.3 Å². The van der Waals surface area contributed by atoms with E-state index in [0.29, 0.717) is 11.5 Å². The van der Waals surface area contributed by atoms with Gasteiger partial charge in [0.1, 0.15) is 5.76 Å². The number of rotatable bonds is 7. The van der Waals surface area contributed by atoms with Crippen LogP contribution in [0.2, 0.25) is 0 Å². The Bertz CT molecular complexity index is 1380. The Hall–Kier alpha value is -3.28. The normalized spacial score (nSPS) is 16.6. The molecule has 2 aromatic heterocycles. The fourth-order valence-electron chi connectivity index (χ4n) is 5.80. The fourth-order valence-corrected chi connectivity index (χ4v) is 5.80. The zero-order chi connectivity index (χ0) is 23.4. The van der Waals surface area contributed by atoms with Crippen LogP contribution in [0.3, 0.4) is 0 Å². The van der Waals surface area contributed by atoms with E-state index in [1.54, 1.807) is 0 Å². The zero-order valence-corrected chi connectivity index (χ0v) is 20.0. The van der Waals surface area contributed by atoms with E-state index in [1.165, 1.54) is 38.5 Å². The lowest BCUT2D eigenvalue weighted by molar-refractivity contribution is 0.100. The van der Waals surface area contributed by atoms with Crippen molar-refractivity contribution in [3.8, 4) is 11.1 Å². The predicted molar refractivity (Wildman–Crippen MR) is 136 cm³/mol. The quantitative estimate of drug-likeness (QED) is 0.348. The molecule has 1 amide bonds. The molecule has 2 heterocycles. The van der Waals surface area contributed by atoms with Gasteiger partial charge in [-0.05, 0) is 81.2 Å². The molecule has 176 valence electrons. The molecule has 0 spiro atoms. The smallest absolute Gasteiger partial charge is 0.250 e. The fraction of sp³-hybridized carbons (Fsp3) is 0.429. The molecule has 0 bridgehead atoms. The number of anilines is 1. The van der Waals surface area contributed by atoms with Gasteiger partial charge in [-0.2, -0.15) is 0 Å². The van der Waals surface area contributed by atoms with Gasteiger partial charge in [0.15, 0.2) is 0 Å². The van der Waals surface area contributed by atoms with Crippen LogP contribution in [0.15, 0.2) is 34.9 Å². The molecule has 4 aromatic rings. The summed E-state index contributed by atoms with van der Waals surface area (Å²) in [5.41, 5.74) is 12.4. The Morgan fingerprint density at radius 2 is 1.88 bits per heavy atom. The van der Waals surface area contributed by atoms with Crippen LogP contribution in [0.25, 0.3) is 32.9 Å². The van der Waals surface area contributed by atoms with Crippen molar-refractivity contribution < 1.29 is 9.32 Å². The second-order valence-electron chi connectivity index (χ2n) is 10.3. The number of amides is 1. The topological polar surface area (TPSA) is 86.1 Å². The molecule has 2 aromatic carbocycles. The Balaban J connectivity index is 1.54. The number of aryl methyl sites for hydroxylation is 2. The first-order valence-electron chi connectivity index (χ1n) is 12.6. The lowest BCUT2D eigenvalue weighted by Crippen LogP contribution is -2.14. The standard InChI is InChI=1S/C28H32N4O2/c1-16-26(17(2)34-31-16)20-11-23-22-10-9-21(30-14-18-5-3-4-6-18)13-25(22)32(15-19-7-8-19)27(23)24(12-20)28(29)33/h9-13,18-19,30H,3-8,14-15H2,1-2H3,(H2,29,33). The number of aromatic nitrogens is 2. The maximum Gasteiger partial charge on any atom is 0.250 e. The third-order valence-corrected chi connectivity index (χ3v) is 7.75. The van der Waals surface area contributed by atoms with Gasteiger partial charge in [-0.1, -0.05) is 24.1 Å². The van der Waals surface area contributed by atoms with Gasteiger partial charge < -0.3 is 20.1 Å². The van der Waals surface area contributed by atoms with E-state index in [9.17, 15) is 4.79 Å². The number of fused-ring (bicyclic) bond motifs is 3. The van der Waals surface area contributed by atoms with Gasteiger partial charge in [-0.3, -0.25) is 4.79 Å². The van der Waals surface area contributed by atoms with Gasteiger partial charge in [0, 0.05) is 35.1 Å². The summed E-state index contributed by atoms with van der Waals surface area (Å²) in [4.78, 5) is 12.7. The van der Waals surface area contributed by atoms with Crippen molar-refractivity contribution in [2.75, 3.05) is 11.9 Å². The molecule has 0 aliphatic heterocycles. The van der Waals surface area contributed by atoms with Crippen LogP contribution in [0.5, 0.6) is 0 Å². The largest absolute Gasteiger partial charge is 0.385 e. The summed E-state index contributed by atoms with van der Waals surface area (Å²) < 4.78 is 7.75. The highest BCUT2D eigenvalue weighted by molar-refractivity contribution is 6.17. The number of primary amides is 1. The van der Waals surface area contributed by atoms with Gasteiger partial charge in [0.2, 0.25) is 0 Å². The van der Waals surface area contributed by atoms with E-state index in [-0.39, 0.29) is 0 Å². The maximum absolute atomic E-state index is 12.7. The van der Waals surface area contributed by atoms with Crippen molar-refractivity contribution in [3.63, 3.8) is 0 Å².